The van der Waals surface area contributed by atoms with Gasteiger partial charge in [-0.1, -0.05) is 35.3 Å². The summed E-state index contributed by atoms with van der Waals surface area (Å²) in [4.78, 5) is 12.9. The van der Waals surface area contributed by atoms with Crippen molar-refractivity contribution in [3.63, 3.8) is 0 Å². The summed E-state index contributed by atoms with van der Waals surface area (Å²) in [5, 5.41) is 3.65. The highest BCUT2D eigenvalue weighted by molar-refractivity contribution is 7.89. The second-order valence-corrected chi connectivity index (χ2v) is 7.92. The average molecular weight is 410 g/mol. The zero-order valence-corrected chi connectivity index (χ0v) is 16.6. The number of hydrogen-bond donors (Lipinski definition) is 0. The fraction of sp³-hybridized carbons (Fsp3) is 0.143. The van der Waals surface area contributed by atoms with E-state index < -0.39 is 22.5 Å². The first-order valence-electron chi connectivity index (χ1n) is 8.61. The third-order valence-electron chi connectivity index (χ3n) is 4.04. The van der Waals surface area contributed by atoms with Crippen LogP contribution in [0, 0.1) is 26.2 Å². The molecule has 7 nitrogen and oxygen atoms in total. The lowest BCUT2D eigenvalue weighted by Gasteiger charge is -2.20. The molecule has 0 fully saturated rings. The van der Waals surface area contributed by atoms with Crippen molar-refractivity contribution >= 4 is 15.9 Å². The van der Waals surface area contributed by atoms with Gasteiger partial charge in [-0.05, 0) is 44.2 Å². The molecule has 0 aliphatic heterocycles. The van der Waals surface area contributed by atoms with Crippen LogP contribution in [-0.2, 0) is 10.0 Å². The topological polar surface area (TPSA) is 89.7 Å². The van der Waals surface area contributed by atoms with Gasteiger partial charge in [0.05, 0.1) is 6.54 Å². The van der Waals surface area contributed by atoms with Crippen molar-refractivity contribution in [2.45, 2.75) is 18.7 Å². The van der Waals surface area contributed by atoms with Gasteiger partial charge in [0, 0.05) is 5.56 Å². The smallest absolute Gasteiger partial charge is 0.273 e. The fourth-order valence-electron chi connectivity index (χ4n) is 2.76. The molecular formula is C21H18N2O5S. The van der Waals surface area contributed by atoms with Gasteiger partial charge in [0.2, 0.25) is 0 Å². The van der Waals surface area contributed by atoms with Gasteiger partial charge in [-0.25, -0.2) is 12.7 Å². The summed E-state index contributed by atoms with van der Waals surface area (Å²) >= 11 is 0. The van der Waals surface area contributed by atoms with Crippen molar-refractivity contribution in [1.29, 1.82) is 0 Å². The van der Waals surface area contributed by atoms with Crippen LogP contribution in [0.4, 0.5) is 0 Å². The van der Waals surface area contributed by atoms with Crippen molar-refractivity contribution in [2.24, 2.45) is 0 Å². The van der Waals surface area contributed by atoms with E-state index in [1.165, 1.54) is 26.0 Å². The maximum Gasteiger partial charge on any atom is 0.273 e. The first-order valence-corrected chi connectivity index (χ1v) is 10.0. The van der Waals surface area contributed by atoms with Gasteiger partial charge in [0.1, 0.15) is 17.2 Å². The van der Waals surface area contributed by atoms with Gasteiger partial charge < -0.3 is 9.26 Å². The summed E-state index contributed by atoms with van der Waals surface area (Å²) in [5.41, 5.74) is 0.266. The van der Waals surface area contributed by atoms with E-state index in [2.05, 4.69) is 11.1 Å². The minimum atomic E-state index is -4.26. The number of para-hydroxylation sites is 1. The summed E-state index contributed by atoms with van der Waals surface area (Å²) < 4.78 is 37.5. The van der Waals surface area contributed by atoms with Crippen LogP contribution in [0.15, 0.2) is 64.0 Å². The Labute approximate surface area is 168 Å². The molecule has 0 radical (unpaired) electrons. The molecule has 0 N–H and O–H groups in total. The molecule has 0 saturated heterocycles. The maximum atomic E-state index is 13.1. The zero-order chi connectivity index (χ0) is 21.0. The normalized spacial score (nSPS) is 10.9. The van der Waals surface area contributed by atoms with Crippen molar-refractivity contribution in [3.8, 4) is 23.8 Å². The van der Waals surface area contributed by atoms with Crippen LogP contribution in [0.25, 0.3) is 0 Å². The highest BCUT2D eigenvalue weighted by atomic mass is 32.2. The fourth-order valence-corrected chi connectivity index (χ4v) is 4.36. The Morgan fingerprint density at radius 3 is 2.45 bits per heavy atom. The van der Waals surface area contributed by atoms with E-state index in [9.17, 15) is 13.2 Å². The number of nitrogens with zero attached hydrogens (tertiary/aromatic N) is 2. The second-order valence-electron chi connectivity index (χ2n) is 6.12. The summed E-state index contributed by atoms with van der Waals surface area (Å²) in [7, 11) is -4.26. The average Bonchev–Trinajstić information content (AvgIpc) is 3.05. The molecule has 1 aromatic heterocycles. The molecular weight excluding hydrogens is 392 g/mol. The Hall–Kier alpha value is -3.57. The lowest BCUT2D eigenvalue weighted by molar-refractivity contribution is 0.0872. The third kappa shape index (κ3) is 4.15. The Balaban J connectivity index is 1.96. The van der Waals surface area contributed by atoms with Crippen LogP contribution in [0.5, 0.6) is 11.5 Å². The van der Waals surface area contributed by atoms with Gasteiger partial charge in [0.15, 0.2) is 10.7 Å². The number of ether oxygens (including phenoxy) is 1. The molecule has 1 heterocycles. The Kier molecular flexibility index (Phi) is 5.71. The summed E-state index contributed by atoms with van der Waals surface area (Å²) in [6.45, 7) is 2.50. The quantitative estimate of drug-likeness (QED) is 0.578. The van der Waals surface area contributed by atoms with E-state index in [-0.39, 0.29) is 21.9 Å². The van der Waals surface area contributed by atoms with E-state index in [0.717, 1.165) is 0 Å². The highest BCUT2D eigenvalue weighted by Crippen LogP contribution is 2.26. The Morgan fingerprint density at radius 1 is 1.14 bits per heavy atom. The molecule has 29 heavy (non-hydrogen) atoms. The maximum absolute atomic E-state index is 13.1. The molecule has 0 saturated carbocycles. The summed E-state index contributed by atoms with van der Waals surface area (Å²) in [6, 6.07) is 15.2. The van der Waals surface area contributed by atoms with Crippen molar-refractivity contribution in [2.75, 3.05) is 6.54 Å². The van der Waals surface area contributed by atoms with Crippen LogP contribution in [0.3, 0.4) is 0 Å². The van der Waals surface area contributed by atoms with E-state index in [0.29, 0.717) is 15.8 Å². The molecule has 2 aromatic carbocycles. The number of terminal acetylenes is 1. The van der Waals surface area contributed by atoms with Crippen molar-refractivity contribution in [1.82, 2.24) is 9.46 Å². The molecule has 0 aliphatic carbocycles. The van der Waals surface area contributed by atoms with Gasteiger partial charge in [0.25, 0.3) is 15.9 Å². The standard InChI is InChI=1S/C21H18N2O5S/c1-4-13-23(29(25,26)20-15(2)22-28-16(20)3)21(24)17-9-8-12-19(14-17)27-18-10-6-5-7-11-18/h1,5-12,14H,13H2,2-3H3. The Bertz CT molecular complexity index is 1160. The molecule has 0 atom stereocenters. The number of rotatable bonds is 6. The molecule has 0 spiro atoms. The van der Waals surface area contributed by atoms with Crippen LogP contribution in [0.1, 0.15) is 21.8 Å². The monoisotopic (exact) mass is 410 g/mol. The minimum absolute atomic E-state index is 0.0819. The van der Waals surface area contributed by atoms with Crippen LogP contribution < -0.4 is 4.74 Å². The predicted octanol–water partition coefficient (Wildman–Crippen LogP) is 3.55. The zero-order valence-electron chi connectivity index (χ0n) is 15.8. The predicted molar refractivity (Wildman–Crippen MR) is 106 cm³/mol. The SMILES string of the molecule is C#CCN(C(=O)c1cccc(Oc2ccccc2)c1)S(=O)(=O)c1c(C)noc1C. The number of hydrogen-bond acceptors (Lipinski definition) is 6. The van der Waals surface area contributed by atoms with E-state index in [1.54, 1.807) is 24.3 Å². The number of benzene rings is 2. The third-order valence-corrected chi connectivity index (χ3v) is 6.01. The molecule has 3 aromatic rings. The Morgan fingerprint density at radius 2 is 1.83 bits per heavy atom. The lowest BCUT2D eigenvalue weighted by Crippen LogP contribution is -2.37. The van der Waals surface area contributed by atoms with E-state index in [1.807, 2.05) is 18.2 Å². The molecule has 0 aliphatic rings. The highest BCUT2D eigenvalue weighted by Gasteiger charge is 2.34. The van der Waals surface area contributed by atoms with Gasteiger partial charge in [-0.15, -0.1) is 6.42 Å². The van der Waals surface area contributed by atoms with Crippen molar-refractivity contribution < 1.29 is 22.5 Å². The molecule has 1 amide bonds. The largest absolute Gasteiger partial charge is 0.457 e. The molecule has 0 bridgehead atoms. The molecule has 0 unspecified atom stereocenters. The molecule has 3 rings (SSSR count). The van der Waals surface area contributed by atoms with Gasteiger partial charge >= 0.3 is 0 Å². The van der Waals surface area contributed by atoms with Crippen LogP contribution >= 0.6 is 0 Å². The number of aryl methyl sites for hydroxylation is 2. The van der Waals surface area contributed by atoms with Crippen molar-refractivity contribution in [3.05, 3.63) is 71.6 Å². The minimum Gasteiger partial charge on any atom is -0.457 e. The van der Waals surface area contributed by atoms with Crippen LogP contribution in [0.2, 0.25) is 0 Å². The number of amides is 1. The van der Waals surface area contributed by atoms with Gasteiger partial charge in [-0.2, -0.15) is 0 Å². The molecule has 148 valence electrons. The second kappa shape index (κ2) is 8.20. The first-order chi connectivity index (χ1) is 13.8. The molecule has 8 heteroatoms. The number of sulfonamides is 1. The number of aromatic nitrogens is 1. The van der Waals surface area contributed by atoms with E-state index in [4.69, 9.17) is 15.7 Å². The summed E-state index contributed by atoms with van der Waals surface area (Å²) in [6.07, 6.45) is 5.33. The summed E-state index contributed by atoms with van der Waals surface area (Å²) in [5.74, 6) is 2.50. The van der Waals surface area contributed by atoms with E-state index >= 15 is 0 Å². The number of carbonyl (C=O) groups excluding carboxylic acids is 1. The van der Waals surface area contributed by atoms with Gasteiger partial charge in [-0.3, -0.25) is 4.79 Å². The van der Waals surface area contributed by atoms with Crippen LogP contribution in [-0.4, -0.2) is 30.3 Å². The number of carbonyl (C=O) groups is 1. The first kappa shape index (κ1) is 20.2. The lowest BCUT2D eigenvalue weighted by atomic mass is 10.2.